The van der Waals surface area contributed by atoms with Crippen LogP contribution in [0.1, 0.15) is 68.3 Å². The molecule has 2 aromatic rings. The van der Waals surface area contributed by atoms with E-state index in [9.17, 15) is 19.7 Å². The maximum atomic E-state index is 12.9. The predicted molar refractivity (Wildman–Crippen MR) is 145 cm³/mol. The number of ether oxygens (including phenoxy) is 4. The van der Waals surface area contributed by atoms with Crippen molar-refractivity contribution in [3.8, 4) is 0 Å². The largest absolute Gasteiger partial charge is 0.463 e. The van der Waals surface area contributed by atoms with E-state index in [-0.39, 0.29) is 30.1 Å². The van der Waals surface area contributed by atoms with Crippen LogP contribution in [-0.2, 0) is 30.3 Å². The van der Waals surface area contributed by atoms with Crippen LogP contribution in [0.25, 0.3) is 0 Å². The van der Waals surface area contributed by atoms with Crippen LogP contribution >= 0.6 is 0 Å². The van der Waals surface area contributed by atoms with Crippen molar-refractivity contribution in [2.45, 2.75) is 83.4 Å². The van der Waals surface area contributed by atoms with Crippen LogP contribution < -0.4 is 0 Å². The first-order valence-electron chi connectivity index (χ1n) is 13.5. The van der Waals surface area contributed by atoms with Gasteiger partial charge in [-0.15, -0.1) is 0 Å². The number of carbonyl (C=O) groups excluding carboxylic acids is 2. The molecule has 0 saturated carbocycles. The lowest BCUT2D eigenvalue weighted by molar-refractivity contribution is -0.384. The van der Waals surface area contributed by atoms with Crippen molar-refractivity contribution in [2.24, 2.45) is 0 Å². The fraction of sp³-hybridized carbons (Fsp3) is 0.467. The van der Waals surface area contributed by atoms with Crippen molar-refractivity contribution in [1.82, 2.24) is 0 Å². The fourth-order valence-electron chi connectivity index (χ4n) is 4.48. The summed E-state index contributed by atoms with van der Waals surface area (Å²) in [6, 6.07) is 15.2. The molecule has 2 aromatic carbocycles. The van der Waals surface area contributed by atoms with Gasteiger partial charge in [0.05, 0.1) is 42.0 Å². The molecular formula is C30H37NO8. The molecular weight excluding hydrogens is 502 g/mol. The Morgan fingerprint density at radius 1 is 1.10 bits per heavy atom. The van der Waals surface area contributed by atoms with Gasteiger partial charge in [-0.25, -0.2) is 9.59 Å². The maximum absolute atomic E-state index is 12.9. The molecule has 9 heteroatoms. The first-order chi connectivity index (χ1) is 18.9. The average molecular weight is 540 g/mol. The number of rotatable bonds is 15. The highest BCUT2D eigenvalue weighted by Gasteiger charge is 2.41. The normalized spacial score (nSPS) is 19.6. The molecule has 0 aliphatic carbocycles. The zero-order valence-electron chi connectivity index (χ0n) is 22.5. The van der Waals surface area contributed by atoms with Gasteiger partial charge in [-0.1, -0.05) is 62.6 Å². The summed E-state index contributed by atoms with van der Waals surface area (Å²) in [4.78, 5) is 35.1. The molecule has 39 heavy (non-hydrogen) atoms. The number of benzene rings is 2. The molecule has 0 spiro atoms. The Morgan fingerprint density at radius 3 is 2.51 bits per heavy atom. The van der Waals surface area contributed by atoms with Crippen molar-refractivity contribution in [2.75, 3.05) is 6.61 Å². The highest BCUT2D eigenvalue weighted by Crippen LogP contribution is 2.32. The number of unbranched alkanes of at least 4 members (excludes halogenated alkanes) is 2. The Kier molecular flexibility index (Phi) is 12.1. The van der Waals surface area contributed by atoms with Gasteiger partial charge in [0, 0.05) is 24.6 Å². The summed E-state index contributed by atoms with van der Waals surface area (Å²) in [6.07, 6.45) is 6.14. The maximum Gasteiger partial charge on any atom is 0.338 e. The molecule has 0 radical (unpaired) electrons. The highest BCUT2D eigenvalue weighted by molar-refractivity contribution is 5.89. The van der Waals surface area contributed by atoms with Crippen LogP contribution in [0.15, 0.2) is 66.7 Å². The van der Waals surface area contributed by atoms with Crippen LogP contribution in [0.3, 0.4) is 0 Å². The number of carbonyl (C=O) groups is 2. The lowest BCUT2D eigenvalue weighted by Gasteiger charge is -2.24. The van der Waals surface area contributed by atoms with E-state index in [0.29, 0.717) is 19.4 Å². The molecule has 0 bridgehead atoms. The molecule has 1 unspecified atom stereocenters. The monoisotopic (exact) mass is 539 g/mol. The van der Waals surface area contributed by atoms with E-state index in [1.165, 1.54) is 30.3 Å². The Morgan fingerprint density at radius 2 is 1.85 bits per heavy atom. The third-order valence-electron chi connectivity index (χ3n) is 6.52. The zero-order valence-corrected chi connectivity index (χ0v) is 22.5. The summed E-state index contributed by atoms with van der Waals surface area (Å²) >= 11 is 0. The first kappa shape index (κ1) is 30.0. The Bertz CT molecular complexity index is 1090. The average Bonchev–Trinajstić information content (AvgIpc) is 3.33. The molecule has 1 heterocycles. The number of hydrogen-bond acceptors (Lipinski definition) is 8. The van der Waals surface area contributed by atoms with E-state index in [2.05, 4.69) is 6.92 Å². The molecule has 210 valence electrons. The summed E-state index contributed by atoms with van der Waals surface area (Å²) in [6.45, 7) is 4.60. The van der Waals surface area contributed by atoms with Crippen LogP contribution in [-0.4, -0.2) is 47.9 Å². The third-order valence-corrected chi connectivity index (χ3v) is 6.52. The van der Waals surface area contributed by atoms with Crippen LogP contribution in [0, 0.1) is 10.1 Å². The standard InChI is InChI=1S/C30H37NO8/c1-3-5-7-13-25(37-21-22-11-8-6-9-12-22)27-20-28(26(38-27)14-10-15-29(32)36-4-2)39-30(33)23-16-18-24(19-17-23)31(34)35/h6,8-12,15-19,25-28H,3-5,7,13-14,20-21H2,1-2H3/b15-10+/t25?,26-,27-,28+/m1/s1. The lowest BCUT2D eigenvalue weighted by atomic mass is 10.0. The first-order valence-corrected chi connectivity index (χ1v) is 13.5. The number of nitrogens with zero attached hydrogens (tertiary/aromatic N) is 1. The molecule has 0 N–H and O–H groups in total. The highest BCUT2D eigenvalue weighted by atomic mass is 16.6. The van der Waals surface area contributed by atoms with E-state index in [1.807, 2.05) is 30.3 Å². The van der Waals surface area contributed by atoms with Gasteiger partial charge >= 0.3 is 11.9 Å². The smallest absolute Gasteiger partial charge is 0.338 e. The van der Waals surface area contributed by atoms with Crippen LogP contribution in [0.2, 0.25) is 0 Å². The van der Waals surface area contributed by atoms with E-state index in [1.54, 1.807) is 13.0 Å². The van der Waals surface area contributed by atoms with Gasteiger partial charge in [-0.05, 0) is 37.5 Å². The van der Waals surface area contributed by atoms with Crippen molar-refractivity contribution in [3.63, 3.8) is 0 Å². The quantitative estimate of drug-likeness (QED) is 0.0896. The second-order valence-electron chi connectivity index (χ2n) is 9.42. The summed E-state index contributed by atoms with van der Waals surface area (Å²) in [5.74, 6) is -1.04. The number of non-ortho nitro benzene ring substituents is 1. The minimum absolute atomic E-state index is 0.108. The van der Waals surface area contributed by atoms with Gasteiger partial charge in [0.2, 0.25) is 0 Å². The Labute approximate surface area is 229 Å². The minimum Gasteiger partial charge on any atom is -0.463 e. The van der Waals surface area contributed by atoms with Gasteiger partial charge in [0.25, 0.3) is 5.69 Å². The van der Waals surface area contributed by atoms with Crippen molar-refractivity contribution >= 4 is 17.6 Å². The van der Waals surface area contributed by atoms with Gasteiger partial charge in [-0.2, -0.15) is 0 Å². The number of esters is 2. The number of hydrogen-bond donors (Lipinski definition) is 0. The zero-order chi connectivity index (χ0) is 28.0. The molecule has 1 saturated heterocycles. The van der Waals surface area contributed by atoms with Gasteiger partial charge < -0.3 is 18.9 Å². The van der Waals surface area contributed by atoms with Crippen LogP contribution in [0.4, 0.5) is 5.69 Å². The van der Waals surface area contributed by atoms with Crippen molar-refractivity contribution in [1.29, 1.82) is 0 Å². The number of nitro groups is 1. The van der Waals surface area contributed by atoms with Crippen LogP contribution in [0.5, 0.6) is 0 Å². The van der Waals surface area contributed by atoms with Gasteiger partial charge in [-0.3, -0.25) is 10.1 Å². The summed E-state index contributed by atoms with van der Waals surface area (Å²) in [5.41, 5.74) is 1.17. The molecule has 1 fully saturated rings. The molecule has 0 amide bonds. The Hall–Kier alpha value is -3.56. The SMILES string of the molecule is CCCCCC(OCc1ccccc1)[C@H]1C[C@H](OC(=O)c2ccc([N+](=O)[O-])cc2)[C@@H](C/C=C/C(=O)OCC)O1. The second-order valence-corrected chi connectivity index (χ2v) is 9.42. The summed E-state index contributed by atoms with van der Waals surface area (Å²) < 4.78 is 23.5. The molecule has 3 rings (SSSR count). The lowest BCUT2D eigenvalue weighted by Crippen LogP contribution is -2.29. The Balaban J connectivity index is 1.73. The molecule has 1 aliphatic heterocycles. The van der Waals surface area contributed by atoms with E-state index in [4.69, 9.17) is 18.9 Å². The summed E-state index contributed by atoms with van der Waals surface area (Å²) in [5, 5.41) is 11.0. The van der Waals surface area contributed by atoms with E-state index < -0.39 is 29.1 Å². The molecule has 0 aromatic heterocycles. The minimum atomic E-state index is -0.591. The summed E-state index contributed by atoms with van der Waals surface area (Å²) in [7, 11) is 0. The van der Waals surface area contributed by atoms with E-state index >= 15 is 0 Å². The van der Waals surface area contributed by atoms with Crippen molar-refractivity contribution in [3.05, 3.63) is 88.0 Å². The molecule has 4 atom stereocenters. The van der Waals surface area contributed by atoms with E-state index in [0.717, 1.165) is 31.2 Å². The molecule has 1 aliphatic rings. The number of nitro benzene ring substituents is 1. The second kappa shape index (κ2) is 15.8. The fourth-order valence-corrected chi connectivity index (χ4v) is 4.48. The molecule has 9 nitrogen and oxygen atoms in total. The van der Waals surface area contributed by atoms with Gasteiger partial charge in [0.1, 0.15) is 6.10 Å². The van der Waals surface area contributed by atoms with Crippen molar-refractivity contribution < 1.29 is 33.5 Å². The third kappa shape index (κ3) is 9.60. The topological polar surface area (TPSA) is 114 Å². The van der Waals surface area contributed by atoms with Gasteiger partial charge in [0.15, 0.2) is 0 Å². The predicted octanol–water partition coefficient (Wildman–Crippen LogP) is 5.95.